The highest BCUT2D eigenvalue weighted by Gasteiger charge is 2.38. The fourth-order valence-electron chi connectivity index (χ4n) is 2.20. The minimum absolute atomic E-state index is 0.0287. The van der Waals surface area contributed by atoms with Crippen LogP contribution in [0.3, 0.4) is 0 Å². The van der Waals surface area contributed by atoms with E-state index in [0.717, 1.165) is 6.42 Å². The van der Waals surface area contributed by atoms with Crippen LogP contribution in [-0.4, -0.2) is 67.3 Å². The predicted molar refractivity (Wildman–Crippen MR) is 70.2 cm³/mol. The summed E-state index contributed by atoms with van der Waals surface area (Å²) < 4.78 is 5.21. The summed E-state index contributed by atoms with van der Waals surface area (Å²) in [6.07, 6.45) is 0.774. The van der Waals surface area contributed by atoms with E-state index in [1.54, 1.807) is 4.90 Å². The number of hydrogen-bond acceptors (Lipinski definition) is 5. The van der Waals surface area contributed by atoms with E-state index in [0.29, 0.717) is 6.54 Å². The van der Waals surface area contributed by atoms with E-state index < -0.39 is 23.8 Å². The molecule has 0 saturated carbocycles. The molecule has 8 nitrogen and oxygen atoms in total. The molecule has 0 bridgehead atoms. The van der Waals surface area contributed by atoms with Gasteiger partial charge in [-0.25, -0.2) is 4.79 Å². The van der Waals surface area contributed by atoms with E-state index in [9.17, 15) is 14.4 Å². The first kappa shape index (κ1) is 16.4. The molecule has 3 N–H and O–H groups in total. The summed E-state index contributed by atoms with van der Waals surface area (Å²) in [5.74, 6) is -2.04. The molecule has 1 heterocycles. The average molecular weight is 287 g/mol. The molecule has 0 radical (unpaired) electrons. The van der Waals surface area contributed by atoms with Crippen molar-refractivity contribution >= 4 is 17.9 Å². The summed E-state index contributed by atoms with van der Waals surface area (Å²) in [6.45, 7) is 2.91. The number of carbonyl (C=O) groups excluding carboxylic acids is 2. The molecule has 0 spiro atoms. The van der Waals surface area contributed by atoms with Gasteiger partial charge in [-0.1, -0.05) is 6.92 Å². The molecule has 2 atom stereocenters. The molecule has 0 aromatic carbocycles. The van der Waals surface area contributed by atoms with Gasteiger partial charge in [0.2, 0.25) is 5.91 Å². The molecule has 0 aromatic rings. The zero-order valence-corrected chi connectivity index (χ0v) is 11.7. The molecule has 1 saturated heterocycles. The van der Waals surface area contributed by atoms with Crippen molar-refractivity contribution in [1.29, 1.82) is 0 Å². The van der Waals surface area contributed by atoms with Gasteiger partial charge < -0.3 is 15.2 Å². The maximum atomic E-state index is 11.7. The number of carboxylic acid groups (broad SMARTS) is 1. The highest BCUT2D eigenvalue weighted by atomic mass is 16.5. The normalized spacial score (nSPS) is 21.8. The van der Waals surface area contributed by atoms with Crippen LogP contribution in [0, 0.1) is 5.92 Å². The van der Waals surface area contributed by atoms with Crippen LogP contribution in [0.1, 0.15) is 13.3 Å². The summed E-state index contributed by atoms with van der Waals surface area (Å²) in [7, 11) is 1.41. The number of ether oxygens (including phenoxy) is 1. The number of amides is 3. The van der Waals surface area contributed by atoms with Crippen molar-refractivity contribution in [2.45, 2.75) is 19.4 Å². The van der Waals surface area contributed by atoms with Gasteiger partial charge >= 0.3 is 12.0 Å². The Morgan fingerprint density at radius 2 is 2.05 bits per heavy atom. The Balaban J connectivity index is 2.66. The monoisotopic (exact) mass is 287 g/mol. The molecule has 8 heteroatoms. The molecule has 114 valence electrons. The van der Waals surface area contributed by atoms with Gasteiger partial charge in [0, 0.05) is 13.1 Å². The predicted octanol–water partition coefficient (Wildman–Crippen LogP) is -0.746. The summed E-state index contributed by atoms with van der Waals surface area (Å²) in [6, 6.07) is -0.924. The largest absolute Gasteiger partial charge is 0.481 e. The maximum Gasteiger partial charge on any atom is 0.321 e. The Kier molecular flexibility index (Phi) is 6.40. The second-order valence-electron chi connectivity index (χ2n) is 4.65. The first-order valence-electron chi connectivity index (χ1n) is 6.55. The Hall–Kier alpha value is -1.67. The van der Waals surface area contributed by atoms with E-state index >= 15 is 0 Å². The fourth-order valence-corrected chi connectivity index (χ4v) is 2.20. The van der Waals surface area contributed by atoms with Crippen molar-refractivity contribution in [3.8, 4) is 0 Å². The second kappa shape index (κ2) is 7.81. The van der Waals surface area contributed by atoms with E-state index in [2.05, 4.69) is 10.6 Å². The van der Waals surface area contributed by atoms with Gasteiger partial charge in [-0.2, -0.15) is 0 Å². The third-order valence-corrected chi connectivity index (χ3v) is 3.17. The molecular weight excluding hydrogens is 266 g/mol. The van der Waals surface area contributed by atoms with Crippen molar-refractivity contribution in [2.24, 2.45) is 5.92 Å². The van der Waals surface area contributed by atoms with E-state index in [1.165, 1.54) is 7.05 Å². The number of nitrogens with zero attached hydrogens (tertiary/aromatic N) is 1. The molecule has 0 aliphatic carbocycles. The third-order valence-electron chi connectivity index (χ3n) is 3.17. The standard InChI is InChI=1S/C12H21N3O5/c1-3-4-15(5-10(16)14-12(19)13-2)9-7-20-6-8(9)11(17)18/h8-9H,3-7H2,1-2H3,(H,17,18)(H2,13,14,16,19). The van der Waals surface area contributed by atoms with Crippen molar-refractivity contribution in [1.82, 2.24) is 15.5 Å². The van der Waals surface area contributed by atoms with Gasteiger partial charge in [-0.05, 0) is 13.0 Å². The number of nitrogens with one attached hydrogen (secondary N) is 2. The van der Waals surface area contributed by atoms with Gasteiger partial charge in [-0.15, -0.1) is 0 Å². The topological polar surface area (TPSA) is 108 Å². The zero-order chi connectivity index (χ0) is 15.1. The Bertz CT molecular complexity index is 374. The highest BCUT2D eigenvalue weighted by Crippen LogP contribution is 2.20. The van der Waals surface area contributed by atoms with E-state index in [1.807, 2.05) is 6.92 Å². The summed E-state index contributed by atoms with van der Waals surface area (Å²) in [5.41, 5.74) is 0. The van der Waals surface area contributed by atoms with E-state index in [-0.39, 0.29) is 25.8 Å². The van der Waals surface area contributed by atoms with Gasteiger partial charge in [0.25, 0.3) is 0 Å². The van der Waals surface area contributed by atoms with Gasteiger partial charge in [0.15, 0.2) is 0 Å². The minimum atomic E-state index is -0.930. The average Bonchev–Trinajstić information content (AvgIpc) is 2.87. The summed E-state index contributed by atoms with van der Waals surface area (Å²) in [4.78, 5) is 35.7. The molecule has 1 aliphatic heterocycles. The van der Waals surface area contributed by atoms with Crippen molar-refractivity contribution in [3.63, 3.8) is 0 Å². The van der Waals surface area contributed by atoms with Crippen molar-refractivity contribution < 1.29 is 24.2 Å². The summed E-state index contributed by atoms with van der Waals surface area (Å²) >= 11 is 0. The summed E-state index contributed by atoms with van der Waals surface area (Å²) in [5, 5.41) is 13.6. The van der Waals surface area contributed by atoms with Crippen LogP contribution in [0.2, 0.25) is 0 Å². The Labute approximate surface area is 117 Å². The number of rotatable bonds is 6. The molecular formula is C12H21N3O5. The number of urea groups is 1. The number of aliphatic carboxylic acids is 1. The second-order valence-corrected chi connectivity index (χ2v) is 4.65. The molecule has 1 aliphatic rings. The molecule has 20 heavy (non-hydrogen) atoms. The van der Waals surface area contributed by atoms with Gasteiger partial charge in [0.05, 0.1) is 25.7 Å². The first-order chi connectivity index (χ1) is 9.49. The third kappa shape index (κ3) is 4.46. The maximum absolute atomic E-state index is 11.7. The van der Waals surface area contributed by atoms with Crippen LogP contribution < -0.4 is 10.6 Å². The van der Waals surface area contributed by atoms with Crippen LogP contribution >= 0.6 is 0 Å². The molecule has 2 unspecified atom stereocenters. The fraction of sp³-hybridized carbons (Fsp3) is 0.750. The SMILES string of the molecule is CCCN(CC(=O)NC(=O)NC)C1COCC1C(=O)O. The number of carbonyl (C=O) groups is 3. The number of hydrogen-bond donors (Lipinski definition) is 3. The quantitative estimate of drug-likeness (QED) is 0.593. The van der Waals surface area contributed by atoms with Crippen LogP contribution in [0.15, 0.2) is 0 Å². The minimum Gasteiger partial charge on any atom is -0.481 e. The zero-order valence-electron chi connectivity index (χ0n) is 11.7. The molecule has 1 rings (SSSR count). The molecule has 0 aromatic heterocycles. The van der Waals surface area contributed by atoms with E-state index in [4.69, 9.17) is 9.84 Å². The van der Waals surface area contributed by atoms with Gasteiger partial charge in [0.1, 0.15) is 0 Å². The van der Waals surface area contributed by atoms with Crippen LogP contribution in [0.25, 0.3) is 0 Å². The lowest BCUT2D eigenvalue weighted by atomic mass is 10.0. The molecule has 3 amide bonds. The highest BCUT2D eigenvalue weighted by molar-refractivity contribution is 5.95. The first-order valence-corrected chi connectivity index (χ1v) is 6.55. The van der Waals surface area contributed by atoms with Gasteiger partial charge in [-0.3, -0.25) is 19.8 Å². The van der Waals surface area contributed by atoms with Crippen molar-refractivity contribution in [2.75, 3.05) is 33.4 Å². The lowest BCUT2D eigenvalue weighted by Crippen LogP contribution is -2.50. The Morgan fingerprint density at radius 1 is 1.35 bits per heavy atom. The van der Waals surface area contributed by atoms with Crippen LogP contribution in [0.4, 0.5) is 4.79 Å². The lowest BCUT2D eigenvalue weighted by molar-refractivity contribution is -0.143. The number of imide groups is 1. The van der Waals surface area contributed by atoms with Crippen LogP contribution in [-0.2, 0) is 14.3 Å². The Morgan fingerprint density at radius 3 is 2.60 bits per heavy atom. The van der Waals surface area contributed by atoms with Crippen molar-refractivity contribution in [3.05, 3.63) is 0 Å². The molecule has 1 fully saturated rings. The smallest absolute Gasteiger partial charge is 0.321 e. The number of carboxylic acids is 1. The van der Waals surface area contributed by atoms with Crippen LogP contribution in [0.5, 0.6) is 0 Å². The lowest BCUT2D eigenvalue weighted by Gasteiger charge is -2.29.